The Hall–Kier alpha value is -1.02. The number of anilines is 2. The molecule has 1 aromatic heterocycles. The van der Waals surface area contributed by atoms with Crippen LogP contribution in [0, 0.1) is 0 Å². The normalized spacial score (nSPS) is 19.7. The van der Waals surface area contributed by atoms with Crippen LogP contribution in [0.25, 0.3) is 0 Å². The maximum absolute atomic E-state index is 12.4. The number of thioether (sulfide) groups is 1. The van der Waals surface area contributed by atoms with Crippen molar-refractivity contribution >= 4 is 33.2 Å². The SMILES string of the molecule is CCCc1c(N)ncnc1N1CCSCC1S(=O)(=O)CC. The quantitative estimate of drug-likeness (QED) is 0.871. The molecule has 1 aliphatic rings. The van der Waals surface area contributed by atoms with Crippen molar-refractivity contribution in [1.82, 2.24) is 9.97 Å². The van der Waals surface area contributed by atoms with E-state index in [0.29, 0.717) is 23.9 Å². The number of hydrogen-bond acceptors (Lipinski definition) is 7. The van der Waals surface area contributed by atoms with Gasteiger partial charge in [-0.05, 0) is 6.42 Å². The average molecular weight is 330 g/mol. The Morgan fingerprint density at radius 2 is 2.19 bits per heavy atom. The van der Waals surface area contributed by atoms with Gasteiger partial charge >= 0.3 is 0 Å². The zero-order chi connectivity index (χ0) is 15.5. The van der Waals surface area contributed by atoms with Crippen molar-refractivity contribution in [2.24, 2.45) is 0 Å². The van der Waals surface area contributed by atoms with E-state index in [1.165, 1.54) is 6.33 Å². The van der Waals surface area contributed by atoms with E-state index in [9.17, 15) is 8.42 Å². The van der Waals surface area contributed by atoms with Crippen molar-refractivity contribution in [2.45, 2.75) is 32.1 Å². The third-order valence-electron chi connectivity index (χ3n) is 3.63. The van der Waals surface area contributed by atoms with Crippen LogP contribution in [0.2, 0.25) is 0 Å². The summed E-state index contributed by atoms with van der Waals surface area (Å²) in [6.07, 6.45) is 3.09. The summed E-state index contributed by atoms with van der Waals surface area (Å²) in [5.41, 5.74) is 6.83. The first kappa shape index (κ1) is 16.4. The van der Waals surface area contributed by atoms with E-state index in [1.54, 1.807) is 18.7 Å². The fourth-order valence-electron chi connectivity index (χ4n) is 2.47. The average Bonchev–Trinajstić information content (AvgIpc) is 2.49. The maximum atomic E-state index is 12.4. The lowest BCUT2D eigenvalue weighted by molar-refractivity contribution is 0.578. The van der Waals surface area contributed by atoms with Crippen molar-refractivity contribution in [1.29, 1.82) is 0 Å². The second-order valence-electron chi connectivity index (χ2n) is 4.99. The van der Waals surface area contributed by atoms with Gasteiger partial charge in [-0.3, -0.25) is 0 Å². The lowest BCUT2D eigenvalue weighted by Crippen LogP contribution is -2.48. The van der Waals surface area contributed by atoms with Gasteiger partial charge in [-0.2, -0.15) is 11.8 Å². The Morgan fingerprint density at radius 1 is 1.43 bits per heavy atom. The lowest BCUT2D eigenvalue weighted by Gasteiger charge is -2.36. The maximum Gasteiger partial charge on any atom is 0.171 e. The van der Waals surface area contributed by atoms with Gasteiger partial charge in [0, 0.05) is 29.4 Å². The van der Waals surface area contributed by atoms with Crippen LogP contribution in [0.4, 0.5) is 11.6 Å². The molecule has 0 spiro atoms. The Balaban J connectivity index is 2.45. The molecular formula is C13H22N4O2S2. The Kier molecular flexibility index (Phi) is 5.32. The third-order valence-corrected chi connectivity index (χ3v) is 6.92. The standard InChI is InChI=1S/C13H22N4O2S2/c1-3-5-10-12(14)15-9-16-13(10)17-6-7-20-8-11(17)21(18,19)4-2/h9,11H,3-8H2,1-2H3,(H2,14,15,16). The molecule has 1 aromatic rings. The highest BCUT2D eigenvalue weighted by Crippen LogP contribution is 2.30. The molecule has 1 unspecified atom stereocenters. The zero-order valence-electron chi connectivity index (χ0n) is 12.4. The monoisotopic (exact) mass is 330 g/mol. The van der Waals surface area contributed by atoms with Crippen LogP contribution in [-0.4, -0.2) is 47.6 Å². The molecule has 1 fully saturated rings. The first-order valence-corrected chi connectivity index (χ1v) is 10.0. The van der Waals surface area contributed by atoms with Gasteiger partial charge in [0.1, 0.15) is 23.3 Å². The van der Waals surface area contributed by atoms with Gasteiger partial charge in [-0.1, -0.05) is 20.3 Å². The third kappa shape index (κ3) is 3.42. The van der Waals surface area contributed by atoms with Gasteiger partial charge in [0.05, 0.1) is 0 Å². The summed E-state index contributed by atoms with van der Waals surface area (Å²) in [4.78, 5) is 10.3. The number of hydrogen-bond donors (Lipinski definition) is 1. The van der Waals surface area contributed by atoms with Crippen LogP contribution < -0.4 is 10.6 Å². The van der Waals surface area contributed by atoms with E-state index in [1.807, 2.05) is 4.90 Å². The Bertz CT molecular complexity index is 592. The first-order valence-electron chi connectivity index (χ1n) is 7.16. The molecule has 0 aromatic carbocycles. The van der Waals surface area contributed by atoms with Gasteiger partial charge in [0.25, 0.3) is 0 Å². The molecule has 2 N–H and O–H groups in total. The summed E-state index contributed by atoms with van der Waals surface area (Å²) in [7, 11) is -3.16. The number of aromatic nitrogens is 2. The molecule has 0 saturated carbocycles. The smallest absolute Gasteiger partial charge is 0.171 e. The Morgan fingerprint density at radius 3 is 2.86 bits per heavy atom. The van der Waals surface area contributed by atoms with Gasteiger partial charge in [0.2, 0.25) is 0 Å². The molecule has 0 amide bonds. The summed E-state index contributed by atoms with van der Waals surface area (Å²) >= 11 is 1.67. The molecule has 1 saturated heterocycles. The molecule has 2 heterocycles. The number of nitrogen functional groups attached to an aromatic ring is 1. The number of nitrogens with two attached hydrogens (primary N) is 1. The van der Waals surface area contributed by atoms with Crippen LogP contribution in [0.15, 0.2) is 6.33 Å². The molecule has 1 atom stereocenters. The highest BCUT2D eigenvalue weighted by atomic mass is 32.2. The molecule has 8 heteroatoms. The highest BCUT2D eigenvalue weighted by molar-refractivity contribution is 8.01. The summed E-state index contributed by atoms with van der Waals surface area (Å²) in [6, 6.07) is 0. The molecule has 0 aliphatic carbocycles. The predicted molar refractivity (Wildman–Crippen MR) is 88.4 cm³/mol. The fourth-order valence-corrected chi connectivity index (χ4v) is 5.44. The van der Waals surface area contributed by atoms with Gasteiger partial charge < -0.3 is 10.6 Å². The van der Waals surface area contributed by atoms with Crippen LogP contribution in [-0.2, 0) is 16.3 Å². The van der Waals surface area contributed by atoms with Crippen LogP contribution in [0.3, 0.4) is 0 Å². The highest BCUT2D eigenvalue weighted by Gasteiger charge is 2.35. The second-order valence-corrected chi connectivity index (χ2v) is 8.58. The molecule has 6 nitrogen and oxygen atoms in total. The van der Waals surface area contributed by atoms with Crippen LogP contribution >= 0.6 is 11.8 Å². The van der Waals surface area contributed by atoms with E-state index >= 15 is 0 Å². The molecule has 118 valence electrons. The topological polar surface area (TPSA) is 89.2 Å². The number of nitrogens with zero attached hydrogens (tertiary/aromatic N) is 3. The minimum absolute atomic E-state index is 0.137. The molecule has 2 rings (SSSR count). The summed E-state index contributed by atoms with van der Waals surface area (Å²) < 4.78 is 24.7. The van der Waals surface area contributed by atoms with Crippen LogP contribution in [0.5, 0.6) is 0 Å². The zero-order valence-corrected chi connectivity index (χ0v) is 14.1. The molecule has 1 aliphatic heterocycles. The van der Waals surface area contributed by atoms with E-state index in [2.05, 4.69) is 16.9 Å². The minimum atomic E-state index is -3.16. The van der Waals surface area contributed by atoms with Crippen molar-refractivity contribution in [2.75, 3.05) is 34.4 Å². The number of rotatable bonds is 5. The Labute approximate surface area is 130 Å². The van der Waals surface area contributed by atoms with Crippen molar-refractivity contribution in [3.8, 4) is 0 Å². The molecular weight excluding hydrogens is 308 g/mol. The van der Waals surface area contributed by atoms with E-state index in [4.69, 9.17) is 5.73 Å². The minimum Gasteiger partial charge on any atom is -0.383 e. The van der Waals surface area contributed by atoms with Crippen molar-refractivity contribution in [3.05, 3.63) is 11.9 Å². The second kappa shape index (κ2) is 6.83. The largest absolute Gasteiger partial charge is 0.383 e. The van der Waals surface area contributed by atoms with Crippen molar-refractivity contribution < 1.29 is 8.42 Å². The van der Waals surface area contributed by atoms with Crippen molar-refractivity contribution in [3.63, 3.8) is 0 Å². The summed E-state index contributed by atoms with van der Waals surface area (Å²) in [6.45, 7) is 4.42. The molecule has 0 radical (unpaired) electrons. The van der Waals surface area contributed by atoms with Gasteiger partial charge in [-0.15, -0.1) is 0 Å². The van der Waals surface area contributed by atoms with E-state index < -0.39 is 15.2 Å². The van der Waals surface area contributed by atoms with E-state index in [0.717, 1.165) is 24.2 Å². The number of sulfone groups is 1. The predicted octanol–water partition coefficient (Wildman–Crippen LogP) is 1.33. The molecule has 0 bridgehead atoms. The molecule has 21 heavy (non-hydrogen) atoms. The van der Waals surface area contributed by atoms with E-state index in [-0.39, 0.29) is 5.75 Å². The lowest BCUT2D eigenvalue weighted by atomic mass is 10.1. The van der Waals surface area contributed by atoms with Gasteiger partial charge in [-0.25, -0.2) is 18.4 Å². The summed E-state index contributed by atoms with van der Waals surface area (Å²) in [5.74, 6) is 2.74. The van der Waals surface area contributed by atoms with Crippen LogP contribution in [0.1, 0.15) is 25.8 Å². The first-order chi connectivity index (χ1) is 10.0. The fraction of sp³-hybridized carbons (Fsp3) is 0.692. The summed E-state index contributed by atoms with van der Waals surface area (Å²) in [5, 5.41) is -0.522. The van der Waals surface area contributed by atoms with Gasteiger partial charge in [0.15, 0.2) is 9.84 Å².